The van der Waals surface area contributed by atoms with Crippen LogP contribution in [0.15, 0.2) is 0 Å². The molecule has 1 saturated heterocycles. The molecule has 1 heterocycles. The summed E-state index contributed by atoms with van der Waals surface area (Å²) in [4.78, 5) is 0. The summed E-state index contributed by atoms with van der Waals surface area (Å²) in [6.45, 7) is 2.39. The zero-order valence-electron chi connectivity index (χ0n) is 5.42. The summed E-state index contributed by atoms with van der Waals surface area (Å²) >= 11 is 0. The first-order chi connectivity index (χ1) is 4.25. The maximum absolute atomic E-state index is 9.18. The maximum Gasteiger partial charge on any atom is 0.177 e. The van der Waals surface area contributed by atoms with Gasteiger partial charge in [0.15, 0.2) is 5.60 Å². The van der Waals surface area contributed by atoms with E-state index in [0.717, 1.165) is 0 Å². The Balaban J connectivity index is 2.52. The molecule has 1 aliphatic rings. The standard InChI is InChI=1S/C7H10O2/c1-3-6(8)7(4-2)5-9-7/h2,6,8H,3,5H2,1H3. The van der Waals surface area contributed by atoms with Crippen molar-refractivity contribution in [2.75, 3.05) is 6.61 Å². The van der Waals surface area contributed by atoms with Crippen LogP contribution in [-0.2, 0) is 4.74 Å². The molecular weight excluding hydrogens is 116 g/mol. The number of epoxide rings is 1. The van der Waals surface area contributed by atoms with Crippen LogP contribution in [0.5, 0.6) is 0 Å². The van der Waals surface area contributed by atoms with E-state index in [1.165, 1.54) is 0 Å². The monoisotopic (exact) mass is 126 g/mol. The van der Waals surface area contributed by atoms with E-state index >= 15 is 0 Å². The molecule has 1 N–H and O–H groups in total. The van der Waals surface area contributed by atoms with Gasteiger partial charge >= 0.3 is 0 Å². The van der Waals surface area contributed by atoms with Gasteiger partial charge in [0.25, 0.3) is 0 Å². The second-order valence-corrected chi connectivity index (χ2v) is 2.25. The van der Waals surface area contributed by atoms with E-state index in [4.69, 9.17) is 11.2 Å². The molecule has 0 saturated carbocycles. The van der Waals surface area contributed by atoms with E-state index in [1.807, 2.05) is 6.92 Å². The highest BCUT2D eigenvalue weighted by molar-refractivity contribution is 5.19. The molecule has 2 unspecified atom stereocenters. The Morgan fingerprint density at radius 2 is 2.56 bits per heavy atom. The van der Waals surface area contributed by atoms with Crippen molar-refractivity contribution in [3.8, 4) is 12.3 Å². The first-order valence-corrected chi connectivity index (χ1v) is 3.05. The lowest BCUT2D eigenvalue weighted by Crippen LogP contribution is -2.26. The Morgan fingerprint density at radius 3 is 2.67 bits per heavy atom. The third-order valence-corrected chi connectivity index (χ3v) is 1.62. The number of aliphatic hydroxyl groups excluding tert-OH is 1. The Hall–Kier alpha value is -0.520. The molecule has 0 aromatic heterocycles. The van der Waals surface area contributed by atoms with Gasteiger partial charge in [-0.05, 0) is 6.42 Å². The fraction of sp³-hybridized carbons (Fsp3) is 0.714. The summed E-state index contributed by atoms with van der Waals surface area (Å²) in [6, 6.07) is 0. The quantitative estimate of drug-likeness (QED) is 0.422. The number of rotatable bonds is 2. The second kappa shape index (κ2) is 2.02. The fourth-order valence-corrected chi connectivity index (χ4v) is 0.779. The molecule has 1 rings (SSSR count). The van der Waals surface area contributed by atoms with Crippen LogP contribution in [0, 0.1) is 12.3 Å². The normalized spacial score (nSPS) is 35.2. The minimum absolute atomic E-state index is 0.484. The van der Waals surface area contributed by atoms with Crippen LogP contribution in [0.1, 0.15) is 13.3 Å². The van der Waals surface area contributed by atoms with Gasteiger partial charge in [-0.25, -0.2) is 0 Å². The highest BCUT2D eigenvalue weighted by atomic mass is 16.6. The molecule has 2 nitrogen and oxygen atoms in total. The number of terminal acetylenes is 1. The molecule has 9 heavy (non-hydrogen) atoms. The highest BCUT2D eigenvalue weighted by Crippen LogP contribution is 2.31. The van der Waals surface area contributed by atoms with Crippen LogP contribution in [0.25, 0.3) is 0 Å². The van der Waals surface area contributed by atoms with E-state index < -0.39 is 11.7 Å². The van der Waals surface area contributed by atoms with Gasteiger partial charge in [0, 0.05) is 0 Å². The fourth-order valence-electron chi connectivity index (χ4n) is 0.779. The average molecular weight is 126 g/mol. The Bertz CT molecular complexity index is 141. The molecule has 0 bridgehead atoms. The predicted octanol–water partition coefficient (Wildman–Crippen LogP) is 0.159. The SMILES string of the molecule is C#CC1(C(O)CC)CO1. The van der Waals surface area contributed by atoms with Crippen molar-refractivity contribution < 1.29 is 9.84 Å². The molecule has 0 aromatic rings. The lowest BCUT2D eigenvalue weighted by molar-refractivity contribution is 0.101. The van der Waals surface area contributed by atoms with Gasteiger partial charge < -0.3 is 9.84 Å². The Morgan fingerprint density at radius 1 is 2.00 bits per heavy atom. The molecule has 2 atom stereocenters. The van der Waals surface area contributed by atoms with E-state index in [0.29, 0.717) is 13.0 Å². The van der Waals surface area contributed by atoms with Crippen molar-refractivity contribution >= 4 is 0 Å². The third-order valence-electron chi connectivity index (χ3n) is 1.62. The molecule has 2 heteroatoms. The van der Waals surface area contributed by atoms with Crippen molar-refractivity contribution in [2.24, 2.45) is 0 Å². The molecule has 1 aliphatic heterocycles. The first-order valence-electron chi connectivity index (χ1n) is 3.05. The minimum atomic E-state index is -0.616. The van der Waals surface area contributed by atoms with E-state index in [9.17, 15) is 5.11 Å². The van der Waals surface area contributed by atoms with Gasteiger partial charge in [0.2, 0.25) is 0 Å². The largest absolute Gasteiger partial charge is 0.389 e. The van der Waals surface area contributed by atoms with E-state index in [2.05, 4.69) is 5.92 Å². The second-order valence-electron chi connectivity index (χ2n) is 2.25. The van der Waals surface area contributed by atoms with Crippen molar-refractivity contribution in [2.45, 2.75) is 25.0 Å². The van der Waals surface area contributed by atoms with Crippen LogP contribution in [-0.4, -0.2) is 23.4 Å². The number of hydrogen-bond acceptors (Lipinski definition) is 2. The molecule has 50 valence electrons. The van der Waals surface area contributed by atoms with Crippen molar-refractivity contribution in [1.82, 2.24) is 0 Å². The average Bonchev–Trinajstić information content (AvgIpc) is 2.66. The van der Waals surface area contributed by atoms with Gasteiger partial charge in [-0.15, -0.1) is 6.42 Å². The van der Waals surface area contributed by atoms with E-state index in [1.54, 1.807) is 0 Å². The lowest BCUT2D eigenvalue weighted by Gasteiger charge is -2.09. The van der Waals surface area contributed by atoms with Crippen molar-refractivity contribution in [3.05, 3.63) is 0 Å². The smallest absolute Gasteiger partial charge is 0.177 e. The molecule has 0 aromatic carbocycles. The summed E-state index contributed by atoms with van der Waals surface area (Å²) in [5, 5.41) is 9.18. The maximum atomic E-state index is 9.18. The zero-order chi connectivity index (χ0) is 6.91. The molecular formula is C7H10O2. The molecule has 0 amide bonds. The summed E-state index contributed by atoms with van der Waals surface area (Å²) in [7, 11) is 0. The first kappa shape index (κ1) is 6.60. The summed E-state index contributed by atoms with van der Waals surface area (Å²) in [6.07, 6.45) is 5.28. The predicted molar refractivity (Wildman–Crippen MR) is 33.8 cm³/mol. The zero-order valence-corrected chi connectivity index (χ0v) is 5.42. The number of aliphatic hydroxyl groups is 1. The molecule has 1 fully saturated rings. The van der Waals surface area contributed by atoms with Gasteiger partial charge in [0.05, 0.1) is 12.7 Å². The number of hydrogen-bond donors (Lipinski definition) is 1. The van der Waals surface area contributed by atoms with Crippen LogP contribution in [0.4, 0.5) is 0 Å². The molecule has 0 spiro atoms. The van der Waals surface area contributed by atoms with Crippen LogP contribution >= 0.6 is 0 Å². The summed E-state index contributed by atoms with van der Waals surface area (Å²) < 4.78 is 4.91. The highest BCUT2D eigenvalue weighted by Gasteiger charge is 2.48. The Kier molecular flexibility index (Phi) is 1.48. The number of ether oxygens (including phenoxy) is 1. The van der Waals surface area contributed by atoms with E-state index in [-0.39, 0.29) is 0 Å². The topological polar surface area (TPSA) is 32.8 Å². The van der Waals surface area contributed by atoms with Crippen LogP contribution in [0.3, 0.4) is 0 Å². The van der Waals surface area contributed by atoms with Crippen LogP contribution < -0.4 is 0 Å². The molecule has 0 radical (unpaired) electrons. The van der Waals surface area contributed by atoms with Gasteiger partial charge in [-0.2, -0.15) is 0 Å². The van der Waals surface area contributed by atoms with Gasteiger partial charge in [-0.3, -0.25) is 0 Å². The molecule has 0 aliphatic carbocycles. The lowest BCUT2D eigenvalue weighted by atomic mass is 10.0. The van der Waals surface area contributed by atoms with Crippen LogP contribution in [0.2, 0.25) is 0 Å². The minimum Gasteiger partial charge on any atom is -0.389 e. The summed E-state index contributed by atoms with van der Waals surface area (Å²) in [5.41, 5.74) is -0.616. The Labute approximate surface area is 54.8 Å². The summed E-state index contributed by atoms with van der Waals surface area (Å²) in [5.74, 6) is 2.43. The third kappa shape index (κ3) is 0.937. The van der Waals surface area contributed by atoms with Crippen molar-refractivity contribution in [3.63, 3.8) is 0 Å². The van der Waals surface area contributed by atoms with Gasteiger partial charge in [-0.1, -0.05) is 12.8 Å². The van der Waals surface area contributed by atoms with Crippen molar-refractivity contribution in [1.29, 1.82) is 0 Å². The van der Waals surface area contributed by atoms with Gasteiger partial charge in [0.1, 0.15) is 0 Å².